The van der Waals surface area contributed by atoms with Gasteiger partial charge in [-0.1, -0.05) is 23.8 Å². The second-order valence-electron chi connectivity index (χ2n) is 5.93. The van der Waals surface area contributed by atoms with E-state index in [1.54, 1.807) is 23.9 Å². The summed E-state index contributed by atoms with van der Waals surface area (Å²) in [6, 6.07) is 16.9. The van der Waals surface area contributed by atoms with Crippen LogP contribution in [0.1, 0.15) is 11.3 Å². The Balaban J connectivity index is 1.68. The molecule has 6 heteroatoms. The van der Waals surface area contributed by atoms with Crippen LogP contribution in [0.5, 0.6) is 11.5 Å². The van der Waals surface area contributed by atoms with Crippen LogP contribution in [0.3, 0.4) is 0 Å². The zero-order valence-corrected chi connectivity index (χ0v) is 15.0. The standard InChI is InChI=1S/C20H21N3O3/c1-14-7-9-16(10-8-14)23-19(11-15(2)22-23)21-20(24)13-26-18-6-4-5-17(12-18)25-3/h4-12H,13H2,1-3H3,(H,21,24). The van der Waals surface area contributed by atoms with Crippen LogP contribution >= 0.6 is 0 Å². The van der Waals surface area contributed by atoms with E-state index >= 15 is 0 Å². The third kappa shape index (κ3) is 4.22. The number of aromatic nitrogens is 2. The summed E-state index contributed by atoms with van der Waals surface area (Å²) in [5, 5.41) is 7.30. The predicted octanol–water partition coefficient (Wildman–Crippen LogP) is 3.52. The molecule has 1 heterocycles. The van der Waals surface area contributed by atoms with Crippen molar-refractivity contribution in [3.8, 4) is 17.2 Å². The maximum absolute atomic E-state index is 12.3. The summed E-state index contributed by atoms with van der Waals surface area (Å²) in [7, 11) is 1.58. The van der Waals surface area contributed by atoms with E-state index in [0.29, 0.717) is 17.3 Å². The molecular formula is C20H21N3O3. The van der Waals surface area contributed by atoms with Crippen molar-refractivity contribution in [2.75, 3.05) is 19.0 Å². The van der Waals surface area contributed by atoms with Crippen molar-refractivity contribution in [2.45, 2.75) is 13.8 Å². The van der Waals surface area contributed by atoms with Gasteiger partial charge in [-0.2, -0.15) is 5.10 Å². The monoisotopic (exact) mass is 351 g/mol. The Morgan fingerprint density at radius 1 is 1.08 bits per heavy atom. The zero-order valence-electron chi connectivity index (χ0n) is 15.0. The Labute approximate surface area is 152 Å². The molecule has 0 saturated heterocycles. The van der Waals surface area contributed by atoms with Crippen molar-refractivity contribution < 1.29 is 14.3 Å². The van der Waals surface area contributed by atoms with Crippen molar-refractivity contribution >= 4 is 11.7 Å². The molecule has 0 unspecified atom stereocenters. The third-order valence-corrected chi connectivity index (χ3v) is 3.79. The topological polar surface area (TPSA) is 65.4 Å². The maximum atomic E-state index is 12.3. The van der Waals surface area contributed by atoms with E-state index in [2.05, 4.69) is 10.4 Å². The number of hydrogen-bond donors (Lipinski definition) is 1. The van der Waals surface area contributed by atoms with Crippen LogP contribution in [0.25, 0.3) is 5.69 Å². The Morgan fingerprint density at radius 2 is 1.81 bits per heavy atom. The molecule has 0 saturated carbocycles. The highest BCUT2D eigenvalue weighted by Gasteiger charge is 2.11. The first-order chi connectivity index (χ1) is 12.5. The summed E-state index contributed by atoms with van der Waals surface area (Å²) in [6.45, 7) is 3.80. The molecule has 0 bridgehead atoms. The minimum Gasteiger partial charge on any atom is -0.497 e. The van der Waals surface area contributed by atoms with E-state index in [1.807, 2.05) is 56.3 Å². The number of aryl methyl sites for hydroxylation is 2. The normalized spacial score (nSPS) is 10.4. The Morgan fingerprint density at radius 3 is 2.54 bits per heavy atom. The first-order valence-electron chi connectivity index (χ1n) is 8.25. The molecule has 0 spiro atoms. The number of anilines is 1. The fourth-order valence-corrected chi connectivity index (χ4v) is 2.49. The second kappa shape index (κ2) is 7.74. The number of rotatable bonds is 6. The van der Waals surface area contributed by atoms with Gasteiger partial charge in [0.1, 0.15) is 17.3 Å². The molecule has 0 aliphatic carbocycles. The van der Waals surface area contributed by atoms with Crippen LogP contribution in [0, 0.1) is 13.8 Å². The number of carbonyl (C=O) groups excluding carboxylic acids is 1. The van der Waals surface area contributed by atoms with Gasteiger partial charge in [0.15, 0.2) is 6.61 Å². The van der Waals surface area contributed by atoms with Gasteiger partial charge in [-0.25, -0.2) is 4.68 Å². The van der Waals surface area contributed by atoms with Crippen LogP contribution in [0.15, 0.2) is 54.6 Å². The van der Waals surface area contributed by atoms with Crippen molar-refractivity contribution in [1.82, 2.24) is 9.78 Å². The number of amides is 1. The summed E-state index contributed by atoms with van der Waals surface area (Å²) in [5.41, 5.74) is 2.86. The smallest absolute Gasteiger partial charge is 0.263 e. The van der Waals surface area contributed by atoms with Gasteiger partial charge in [0.25, 0.3) is 5.91 Å². The van der Waals surface area contributed by atoms with E-state index in [1.165, 1.54) is 0 Å². The Kier molecular flexibility index (Phi) is 5.22. The van der Waals surface area contributed by atoms with Gasteiger partial charge >= 0.3 is 0 Å². The lowest BCUT2D eigenvalue weighted by molar-refractivity contribution is -0.118. The minimum absolute atomic E-state index is 0.106. The first-order valence-corrected chi connectivity index (χ1v) is 8.25. The van der Waals surface area contributed by atoms with E-state index in [0.717, 1.165) is 16.9 Å². The van der Waals surface area contributed by atoms with Gasteiger partial charge in [0.2, 0.25) is 0 Å². The summed E-state index contributed by atoms with van der Waals surface area (Å²) in [5.74, 6) is 1.59. The fraction of sp³-hybridized carbons (Fsp3) is 0.200. The van der Waals surface area contributed by atoms with Crippen LogP contribution < -0.4 is 14.8 Å². The van der Waals surface area contributed by atoms with Gasteiger partial charge in [-0.3, -0.25) is 4.79 Å². The van der Waals surface area contributed by atoms with Gasteiger partial charge in [0, 0.05) is 12.1 Å². The molecule has 3 aromatic rings. The molecule has 1 aromatic heterocycles. The van der Waals surface area contributed by atoms with Crippen molar-refractivity contribution in [3.63, 3.8) is 0 Å². The summed E-state index contributed by atoms with van der Waals surface area (Å²) in [6.07, 6.45) is 0. The average molecular weight is 351 g/mol. The molecule has 3 rings (SSSR count). The lowest BCUT2D eigenvalue weighted by Crippen LogP contribution is -2.21. The molecular weight excluding hydrogens is 330 g/mol. The number of carbonyl (C=O) groups is 1. The van der Waals surface area contributed by atoms with Crippen molar-refractivity contribution in [1.29, 1.82) is 0 Å². The van der Waals surface area contributed by atoms with E-state index in [9.17, 15) is 4.79 Å². The minimum atomic E-state index is -0.263. The van der Waals surface area contributed by atoms with Gasteiger partial charge in [0.05, 0.1) is 18.5 Å². The molecule has 0 aliphatic rings. The average Bonchev–Trinajstić information content (AvgIpc) is 3.01. The van der Waals surface area contributed by atoms with Crippen LogP contribution in [0.4, 0.5) is 5.82 Å². The number of methoxy groups -OCH3 is 1. The highest BCUT2D eigenvalue weighted by Crippen LogP contribution is 2.20. The number of ether oxygens (including phenoxy) is 2. The lowest BCUT2D eigenvalue weighted by atomic mass is 10.2. The van der Waals surface area contributed by atoms with Gasteiger partial charge < -0.3 is 14.8 Å². The molecule has 0 radical (unpaired) electrons. The zero-order chi connectivity index (χ0) is 18.5. The number of nitrogens with zero attached hydrogens (tertiary/aromatic N) is 2. The number of benzene rings is 2. The van der Waals surface area contributed by atoms with E-state index in [4.69, 9.17) is 9.47 Å². The third-order valence-electron chi connectivity index (χ3n) is 3.79. The largest absolute Gasteiger partial charge is 0.497 e. The second-order valence-corrected chi connectivity index (χ2v) is 5.93. The van der Waals surface area contributed by atoms with Gasteiger partial charge in [-0.15, -0.1) is 0 Å². The van der Waals surface area contributed by atoms with E-state index < -0.39 is 0 Å². The van der Waals surface area contributed by atoms with Crippen LogP contribution in [-0.2, 0) is 4.79 Å². The molecule has 134 valence electrons. The molecule has 26 heavy (non-hydrogen) atoms. The molecule has 0 aliphatic heterocycles. The van der Waals surface area contributed by atoms with E-state index in [-0.39, 0.29) is 12.5 Å². The van der Waals surface area contributed by atoms with Crippen molar-refractivity contribution in [3.05, 3.63) is 65.9 Å². The molecule has 2 aromatic carbocycles. The summed E-state index contributed by atoms with van der Waals surface area (Å²) in [4.78, 5) is 12.3. The Bertz CT molecular complexity index is 901. The molecule has 6 nitrogen and oxygen atoms in total. The van der Waals surface area contributed by atoms with Crippen LogP contribution in [0.2, 0.25) is 0 Å². The molecule has 1 amide bonds. The number of hydrogen-bond acceptors (Lipinski definition) is 4. The van der Waals surface area contributed by atoms with Gasteiger partial charge in [-0.05, 0) is 38.1 Å². The highest BCUT2D eigenvalue weighted by molar-refractivity contribution is 5.91. The summed E-state index contributed by atoms with van der Waals surface area (Å²) < 4.78 is 12.4. The Hall–Kier alpha value is -3.28. The summed E-state index contributed by atoms with van der Waals surface area (Å²) >= 11 is 0. The maximum Gasteiger partial charge on any atom is 0.263 e. The molecule has 1 N–H and O–H groups in total. The SMILES string of the molecule is COc1cccc(OCC(=O)Nc2cc(C)nn2-c2ccc(C)cc2)c1. The highest BCUT2D eigenvalue weighted by atomic mass is 16.5. The quantitative estimate of drug-likeness (QED) is 0.738. The predicted molar refractivity (Wildman–Crippen MR) is 100 cm³/mol. The van der Waals surface area contributed by atoms with Crippen LogP contribution in [-0.4, -0.2) is 29.4 Å². The first kappa shape index (κ1) is 17.5. The molecule has 0 atom stereocenters. The lowest BCUT2D eigenvalue weighted by Gasteiger charge is -2.10. The fourth-order valence-electron chi connectivity index (χ4n) is 2.49. The van der Waals surface area contributed by atoms with Crippen molar-refractivity contribution in [2.24, 2.45) is 0 Å². The number of nitrogens with one attached hydrogen (secondary N) is 1. The molecule has 0 fully saturated rings.